The van der Waals surface area contributed by atoms with Crippen molar-refractivity contribution >= 4 is 11.4 Å². The van der Waals surface area contributed by atoms with Crippen molar-refractivity contribution in [3.63, 3.8) is 0 Å². The number of rotatable bonds is 2. The number of nitrogens with zero attached hydrogens (tertiary/aromatic N) is 2. The van der Waals surface area contributed by atoms with Gasteiger partial charge in [0.15, 0.2) is 0 Å². The van der Waals surface area contributed by atoms with E-state index in [1.165, 1.54) is 5.56 Å². The van der Waals surface area contributed by atoms with E-state index < -0.39 is 0 Å². The van der Waals surface area contributed by atoms with Gasteiger partial charge in [-0.05, 0) is 45.4 Å². The molecule has 0 unspecified atom stereocenters. The Kier molecular flexibility index (Phi) is 3.52. The molecule has 2 rings (SSSR count). The minimum absolute atomic E-state index is 0.602. The molecule has 0 saturated carbocycles. The summed E-state index contributed by atoms with van der Waals surface area (Å²) >= 11 is 0. The van der Waals surface area contributed by atoms with Crippen molar-refractivity contribution < 1.29 is 0 Å². The monoisotopic (exact) mass is 251 g/mol. The number of hydrogen-bond donors (Lipinski definition) is 1. The fraction of sp³-hybridized carbons (Fsp3) is 0.250. The number of aromatic nitrogens is 1. The highest BCUT2D eigenvalue weighted by atomic mass is 14.9. The van der Waals surface area contributed by atoms with Crippen LogP contribution in [0, 0.1) is 39.0 Å². The van der Waals surface area contributed by atoms with Gasteiger partial charge >= 0.3 is 0 Å². The molecule has 0 bridgehead atoms. The molecule has 0 saturated heterocycles. The van der Waals surface area contributed by atoms with E-state index in [0.29, 0.717) is 5.56 Å². The summed E-state index contributed by atoms with van der Waals surface area (Å²) in [6, 6.07) is 10.3. The lowest BCUT2D eigenvalue weighted by Gasteiger charge is -2.13. The quantitative estimate of drug-likeness (QED) is 0.879. The van der Waals surface area contributed by atoms with E-state index in [-0.39, 0.29) is 0 Å². The third kappa shape index (κ3) is 2.74. The first kappa shape index (κ1) is 13.1. The van der Waals surface area contributed by atoms with Crippen LogP contribution in [0.25, 0.3) is 0 Å². The van der Waals surface area contributed by atoms with Gasteiger partial charge in [0.1, 0.15) is 6.07 Å². The molecule has 0 atom stereocenters. The van der Waals surface area contributed by atoms with E-state index in [2.05, 4.69) is 42.4 Å². The van der Waals surface area contributed by atoms with Crippen molar-refractivity contribution in [2.45, 2.75) is 27.7 Å². The number of aryl methyl sites for hydroxylation is 4. The van der Waals surface area contributed by atoms with Gasteiger partial charge in [0, 0.05) is 11.4 Å². The van der Waals surface area contributed by atoms with Crippen molar-refractivity contribution in [1.29, 1.82) is 5.26 Å². The zero-order chi connectivity index (χ0) is 14.0. The molecule has 2 aromatic rings. The Hall–Kier alpha value is -2.34. The number of hydrogen-bond acceptors (Lipinski definition) is 3. The number of benzene rings is 1. The van der Waals surface area contributed by atoms with Crippen LogP contribution in [0.15, 0.2) is 24.3 Å². The molecule has 1 heterocycles. The van der Waals surface area contributed by atoms with E-state index in [1.54, 1.807) is 0 Å². The Morgan fingerprint density at radius 2 is 1.79 bits per heavy atom. The number of anilines is 2. The van der Waals surface area contributed by atoms with Crippen LogP contribution in [0.1, 0.15) is 28.1 Å². The molecule has 3 nitrogen and oxygen atoms in total. The minimum atomic E-state index is 0.602. The molecule has 0 aliphatic rings. The number of nitrogens with one attached hydrogen (secondary N) is 1. The summed E-state index contributed by atoms with van der Waals surface area (Å²) in [6.07, 6.45) is 0. The SMILES string of the molecule is Cc1ccc(Nc2cc(C)nc(C)c2C#N)c(C)c1. The highest BCUT2D eigenvalue weighted by Crippen LogP contribution is 2.25. The smallest absolute Gasteiger partial charge is 0.103 e. The minimum Gasteiger partial charge on any atom is -0.354 e. The molecule has 0 amide bonds. The maximum absolute atomic E-state index is 9.25. The molecule has 1 aromatic heterocycles. The highest BCUT2D eigenvalue weighted by Gasteiger charge is 2.09. The molecule has 0 aliphatic heterocycles. The molecule has 96 valence electrons. The standard InChI is InChI=1S/C16H17N3/c1-10-5-6-15(11(2)7-10)19-16-8-12(3)18-13(4)14(16)9-17/h5-8H,1-4H3,(H,18,19). The van der Waals surface area contributed by atoms with Gasteiger partial charge in [0.2, 0.25) is 0 Å². The van der Waals surface area contributed by atoms with Crippen LogP contribution >= 0.6 is 0 Å². The maximum Gasteiger partial charge on any atom is 0.103 e. The average Bonchev–Trinajstić information content (AvgIpc) is 2.32. The third-order valence-corrected chi connectivity index (χ3v) is 3.09. The summed E-state index contributed by atoms with van der Waals surface area (Å²) < 4.78 is 0. The predicted octanol–water partition coefficient (Wildman–Crippen LogP) is 3.93. The molecule has 3 heteroatoms. The van der Waals surface area contributed by atoms with E-state index >= 15 is 0 Å². The van der Waals surface area contributed by atoms with Gasteiger partial charge in [-0.3, -0.25) is 4.98 Å². The maximum atomic E-state index is 9.25. The van der Waals surface area contributed by atoms with Crippen molar-refractivity contribution in [3.05, 3.63) is 52.3 Å². The Morgan fingerprint density at radius 3 is 2.42 bits per heavy atom. The van der Waals surface area contributed by atoms with E-state index in [0.717, 1.165) is 28.3 Å². The van der Waals surface area contributed by atoms with Crippen molar-refractivity contribution in [3.8, 4) is 6.07 Å². The third-order valence-electron chi connectivity index (χ3n) is 3.09. The fourth-order valence-corrected chi connectivity index (χ4v) is 2.17. The van der Waals surface area contributed by atoms with Crippen LogP contribution in [0.3, 0.4) is 0 Å². The summed E-state index contributed by atoms with van der Waals surface area (Å²) in [5.41, 5.74) is 6.50. The van der Waals surface area contributed by atoms with E-state index in [4.69, 9.17) is 0 Å². The largest absolute Gasteiger partial charge is 0.354 e. The van der Waals surface area contributed by atoms with Crippen LogP contribution in [-0.4, -0.2) is 4.98 Å². The second-order valence-electron chi connectivity index (χ2n) is 4.83. The van der Waals surface area contributed by atoms with Crippen LogP contribution in [0.4, 0.5) is 11.4 Å². The van der Waals surface area contributed by atoms with Gasteiger partial charge in [-0.2, -0.15) is 5.26 Å². The lowest BCUT2D eigenvalue weighted by Crippen LogP contribution is -2.00. The van der Waals surface area contributed by atoms with Crippen LogP contribution in [0.2, 0.25) is 0 Å². The van der Waals surface area contributed by atoms with Gasteiger partial charge < -0.3 is 5.32 Å². The number of pyridine rings is 1. The Labute approximate surface area is 113 Å². The lowest BCUT2D eigenvalue weighted by atomic mass is 10.1. The van der Waals surface area contributed by atoms with Gasteiger partial charge in [-0.25, -0.2) is 0 Å². The number of nitriles is 1. The molecule has 1 N–H and O–H groups in total. The molecule has 0 fully saturated rings. The molecule has 0 aliphatic carbocycles. The average molecular weight is 251 g/mol. The second kappa shape index (κ2) is 5.11. The topological polar surface area (TPSA) is 48.7 Å². The Bertz CT molecular complexity index is 666. The van der Waals surface area contributed by atoms with Gasteiger partial charge in [0.25, 0.3) is 0 Å². The summed E-state index contributed by atoms with van der Waals surface area (Å²) in [6.45, 7) is 7.92. The highest BCUT2D eigenvalue weighted by molar-refractivity contribution is 5.69. The first-order chi connectivity index (χ1) is 9.01. The Morgan fingerprint density at radius 1 is 1.05 bits per heavy atom. The van der Waals surface area contributed by atoms with Crippen LogP contribution in [-0.2, 0) is 0 Å². The molecule has 19 heavy (non-hydrogen) atoms. The summed E-state index contributed by atoms with van der Waals surface area (Å²) in [5, 5.41) is 12.6. The fourth-order valence-electron chi connectivity index (χ4n) is 2.17. The summed E-state index contributed by atoms with van der Waals surface area (Å²) in [5.74, 6) is 0. The molecule has 0 radical (unpaired) electrons. The molecular weight excluding hydrogens is 234 g/mol. The van der Waals surface area contributed by atoms with Crippen molar-refractivity contribution in [2.75, 3.05) is 5.32 Å². The zero-order valence-electron chi connectivity index (χ0n) is 11.7. The first-order valence-electron chi connectivity index (χ1n) is 6.24. The van der Waals surface area contributed by atoms with Gasteiger partial charge in [-0.15, -0.1) is 0 Å². The summed E-state index contributed by atoms with van der Waals surface area (Å²) in [4.78, 5) is 4.32. The van der Waals surface area contributed by atoms with Crippen molar-refractivity contribution in [1.82, 2.24) is 4.98 Å². The summed E-state index contributed by atoms with van der Waals surface area (Å²) in [7, 11) is 0. The van der Waals surface area contributed by atoms with Crippen molar-refractivity contribution in [2.24, 2.45) is 0 Å². The molecule has 1 aromatic carbocycles. The first-order valence-corrected chi connectivity index (χ1v) is 6.24. The predicted molar refractivity (Wildman–Crippen MR) is 77.6 cm³/mol. The van der Waals surface area contributed by atoms with Gasteiger partial charge in [-0.1, -0.05) is 17.7 Å². The normalized spacial score (nSPS) is 10.1. The van der Waals surface area contributed by atoms with E-state index in [1.807, 2.05) is 26.0 Å². The lowest BCUT2D eigenvalue weighted by molar-refractivity contribution is 1.11. The molecule has 0 spiro atoms. The Balaban J connectivity index is 2.46. The van der Waals surface area contributed by atoms with Crippen LogP contribution in [0.5, 0.6) is 0 Å². The zero-order valence-corrected chi connectivity index (χ0v) is 11.7. The second-order valence-corrected chi connectivity index (χ2v) is 4.83. The van der Waals surface area contributed by atoms with Crippen LogP contribution < -0.4 is 5.32 Å². The van der Waals surface area contributed by atoms with Gasteiger partial charge in [0.05, 0.1) is 16.9 Å². The molecular formula is C16H17N3. The van der Waals surface area contributed by atoms with E-state index in [9.17, 15) is 5.26 Å².